The molecule has 1 nitrogen and oxygen atoms in total. The Kier molecular flexibility index (Phi) is 4.01. The molecule has 0 bridgehead atoms. The first kappa shape index (κ1) is 14.4. The summed E-state index contributed by atoms with van der Waals surface area (Å²) in [5.74, 6) is 0. The van der Waals surface area contributed by atoms with Crippen LogP contribution in [0.4, 0.5) is 13.2 Å². The molecule has 0 radical (unpaired) electrons. The fraction of sp³-hybridized carbons (Fsp3) is 0.133. The number of hydrogen-bond donors (Lipinski definition) is 0. The molecule has 0 unspecified atom stereocenters. The molecule has 2 aromatic carbocycles. The van der Waals surface area contributed by atoms with Crippen LogP contribution in [0.3, 0.4) is 0 Å². The molecule has 0 saturated heterocycles. The summed E-state index contributed by atoms with van der Waals surface area (Å²) in [6.07, 6.45) is -4.43. The van der Waals surface area contributed by atoms with Crippen molar-refractivity contribution in [2.75, 3.05) is 0 Å². The first-order valence-electron chi connectivity index (χ1n) is 5.75. The maximum Gasteiger partial charge on any atom is 0.417 e. The molecule has 102 valence electrons. The first-order chi connectivity index (χ1) is 9.43. The van der Waals surface area contributed by atoms with Gasteiger partial charge in [0.15, 0.2) is 0 Å². The van der Waals surface area contributed by atoms with E-state index in [4.69, 9.17) is 16.9 Å². The Hall–Kier alpha value is -1.99. The number of nitriles is 1. The summed E-state index contributed by atoms with van der Waals surface area (Å²) in [5.41, 5.74) is 0.162. The quantitative estimate of drug-likeness (QED) is 0.757. The lowest BCUT2D eigenvalue weighted by atomic mass is 9.94. The van der Waals surface area contributed by atoms with Crippen LogP contribution in [0, 0.1) is 11.3 Å². The minimum absolute atomic E-state index is 0.0265. The van der Waals surface area contributed by atoms with Crippen molar-refractivity contribution in [1.29, 1.82) is 5.26 Å². The van der Waals surface area contributed by atoms with Crippen LogP contribution in [0.25, 0.3) is 11.1 Å². The van der Waals surface area contributed by atoms with E-state index in [2.05, 4.69) is 0 Å². The van der Waals surface area contributed by atoms with Crippen molar-refractivity contribution in [3.05, 3.63) is 58.6 Å². The van der Waals surface area contributed by atoms with Gasteiger partial charge in [-0.25, -0.2) is 0 Å². The molecule has 0 amide bonds. The molecule has 0 atom stereocenters. The average molecular weight is 296 g/mol. The van der Waals surface area contributed by atoms with Crippen molar-refractivity contribution in [1.82, 2.24) is 0 Å². The van der Waals surface area contributed by atoms with E-state index >= 15 is 0 Å². The Morgan fingerprint density at radius 1 is 1.05 bits per heavy atom. The van der Waals surface area contributed by atoms with E-state index in [-0.39, 0.29) is 12.0 Å². The number of rotatable bonds is 2. The largest absolute Gasteiger partial charge is 0.417 e. The van der Waals surface area contributed by atoms with E-state index in [9.17, 15) is 13.2 Å². The van der Waals surface area contributed by atoms with Gasteiger partial charge in [0.2, 0.25) is 0 Å². The number of halogens is 4. The standard InChI is InChI=1S/C15H9ClF3N/c16-11-6-5-10(7-8-20)13(9-11)12-3-1-2-4-14(12)15(17,18)19/h1-6,9H,7H2. The summed E-state index contributed by atoms with van der Waals surface area (Å²) >= 11 is 5.87. The zero-order valence-corrected chi connectivity index (χ0v) is 11.0. The summed E-state index contributed by atoms with van der Waals surface area (Å²) in [4.78, 5) is 0. The summed E-state index contributed by atoms with van der Waals surface area (Å²) in [7, 11) is 0. The van der Waals surface area contributed by atoms with Gasteiger partial charge in [0, 0.05) is 5.02 Å². The van der Waals surface area contributed by atoms with Crippen molar-refractivity contribution >= 4 is 11.6 Å². The molecule has 5 heteroatoms. The highest BCUT2D eigenvalue weighted by Crippen LogP contribution is 2.38. The van der Waals surface area contributed by atoms with Gasteiger partial charge in [0.1, 0.15) is 0 Å². The van der Waals surface area contributed by atoms with E-state index in [1.165, 1.54) is 24.3 Å². The minimum atomic E-state index is -4.46. The molecule has 0 heterocycles. The van der Waals surface area contributed by atoms with Crippen LogP contribution in [0.2, 0.25) is 5.02 Å². The van der Waals surface area contributed by atoms with Crippen molar-refractivity contribution < 1.29 is 13.2 Å². The number of hydrogen-bond acceptors (Lipinski definition) is 1. The van der Waals surface area contributed by atoms with Crippen LogP contribution < -0.4 is 0 Å². The Morgan fingerprint density at radius 3 is 2.40 bits per heavy atom. The SMILES string of the molecule is N#CCc1ccc(Cl)cc1-c1ccccc1C(F)(F)F. The van der Waals surface area contributed by atoms with Crippen molar-refractivity contribution in [3.63, 3.8) is 0 Å². The smallest absolute Gasteiger partial charge is 0.198 e. The molecule has 0 saturated carbocycles. The third-order valence-electron chi connectivity index (χ3n) is 2.86. The molecule has 0 aliphatic heterocycles. The highest BCUT2D eigenvalue weighted by molar-refractivity contribution is 6.30. The van der Waals surface area contributed by atoms with E-state index in [1.807, 2.05) is 6.07 Å². The second-order valence-electron chi connectivity index (χ2n) is 4.18. The molecular formula is C15H9ClF3N. The molecule has 0 N–H and O–H groups in total. The molecule has 2 rings (SSSR count). The average Bonchev–Trinajstić information content (AvgIpc) is 2.40. The van der Waals surface area contributed by atoms with Crippen LogP contribution in [0.1, 0.15) is 11.1 Å². The zero-order chi connectivity index (χ0) is 14.8. The predicted molar refractivity (Wildman–Crippen MR) is 71.2 cm³/mol. The van der Waals surface area contributed by atoms with Gasteiger partial charge in [-0.1, -0.05) is 35.9 Å². The Morgan fingerprint density at radius 2 is 1.75 bits per heavy atom. The maximum absolute atomic E-state index is 13.1. The number of benzene rings is 2. The van der Waals surface area contributed by atoms with Crippen molar-refractivity contribution in [3.8, 4) is 17.2 Å². The summed E-state index contributed by atoms with van der Waals surface area (Å²) < 4.78 is 39.2. The van der Waals surface area contributed by atoms with Gasteiger partial charge < -0.3 is 0 Å². The summed E-state index contributed by atoms with van der Waals surface area (Å²) in [6, 6.07) is 11.8. The van der Waals surface area contributed by atoms with E-state index in [0.29, 0.717) is 16.1 Å². The number of alkyl halides is 3. The molecular weight excluding hydrogens is 287 g/mol. The lowest BCUT2D eigenvalue weighted by Gasteiger charge is -2.15. The molecule has 0 fully saturated rings. The Labute approximate surface area is 119 Å². The topological polar surface area (TPSA) is 23.8 Å². The van der Waals surface area contributed by atoms with Gasteiger partial charge >= 0.3 is 6.18 Å². The maximum atomic E-state index is 13.1. The summed E-state index contributed by atoms with van der Waals surface area (Å²) in [6.45, 7) is 0. The van der Waals surface area contributed by atoms with Crippen LogP contribution in [-0.2, 0) is 12.6 Å². The van der Waals surface area contributed by atoms with Crippen LogP contribution in [0.5, 0.6) is 0 Å². The van der Waals surface area contributed by atoms with Gasteiger partial charge in [-0.15, -0.1) is 0 Å². The molecule has 20 heavy (non-hydrogen) atoms. The van der Waals surface area contributed by atoms with Gasteiger partial charge in [-0.2, -0.15) is 18.4 Å². The number of nitrogens with zero attached hydrogens (tertiary/aromatic N) is 1. The van der Waals surface area contributed by atoms with Crippen LogP contribution in [-0.4, -0.2) is 0 Å². The fourth-order valence-electron chi connectivity index (χ4n) is 2.00. The van der Waals surface area contributed by atoms with Gasteiger partial charge in [0.25, 0.3) is 0 Å². The monoisotopic (exact) mass is 295 g/mol. The third-order valence-corrected chi connectivity index (χ3v) is 3.10. The van der Waals surface area contributed by atoms with Gasteiger partial charge in [0.05, 0.1) is 18.1 Å². The van der Waals surface area contributed by atoms with Crippen molar-refractivity contribution in [2.45, 2.75) is 12.6 Å². The van der Waals surface area contributed by atoms with E-state index in [0.717, 1.165) is 6.07 Å². The van der Waals surface area contributed by atoms with Crippen molar-refractivity contribution in [2.24, 2.45) is 0 Å². The molecule has 0 spiro atoms. The van der Waals surface area contributed by atoms with E-state index < -0.39 is 11.7 Å². The Bertz CT molecular complexity index is 672. The zero-order valence-electron chi connectivity index (χ0n) is 10.2. The minimum Gasteiger partial charge on any atom is -0.198 e. The highest BCUT2D eigenvalue weighted by Gasteiger charge is 2.33. The molecule has 0 aliphatic carbocycles. The Balaban J connectivity index is 2.69. The van der Waals surface area contributed by atoms with E-state index in [1.54, 1.807) is 12.1 Å². The normalized spacial score (nSPS) is 11.2. The molecule has 0 aromatic heterocycles. The second kappa shape index (κ2) is 5.56. The molecule has 2 aromatic rings. The molecule has 0 aliphatic rings. The first-order valence-corrected chi connectivity index (χ1v) is 6.13. The van der Waals surface area contributed by atoms with Crippen LogP contribution >= 0.6 is 11.6 Å². The highest BCUT2D eigenvalue weighted by atomic mass is 35.5. The third kappa shape index (κ3) is 2.94. The second-order valence-corrected chi connectivity index (χ2v) is 4.62. The lowest BCUT2D eigenvalue weighted by molar-refractivity contribution is -0.137. The fourth-order valence-corrected chi connectivity index (χ4v) is 2.18. The summed E-state index contributed by atoms with van der Waals surface area (Å²) in [5, 5.41) is 9.12. The predicted octanol–water partition coefficient (Wildman–Crippen LogP) is 5.09. The van der Waals surface area contributed by atoms with Crippen LogP contribution in [0.15, 0.2) is 42.5 Å². The van der Waals surface area contributed by atoms with Gasteiger partial charge in [-0.3, -0.25) is 0 Å². The van der Waals surface area contributed by atoms with Gasteiger partial charge in [-0.05, 0) is 34.9 Å². The lowest BCUT2D eigenvalue weighted by Crippen LogP contribution is -2.07.